The Morgan fingerprint density at radius 1 is 1.22 bits per heavy atom. The van der Waals surface area contributed by atoms with Gasteiger partial charge in [0.2, 0.25) is 5.91 Å². The zero-order chi connectivity index (χ0) is 16.2. The first-order valence-electron chi connectivity index (χ1n) is 8.48. The van der Waals surface area contributed by atoms with Crippen LogP contribution in [0.25, 0.3) is 0 Å². The second kappa shape index (κ2) is 7.13. The molecule has 1 amide bonds. The molecular weight excluding hydrogens is 292 g/mol. The Kier molecular flexibility index (Phi) is 4.96. The van der Waals surface area contributed by atoms with E-state index in [1.54, 1.807) is 12.1 Å². The second-order valence-electron chi connectivity index (χ2n) is 6.60. The average Bonchev–Trinajstić information content (AvgIpc) is 3.05. The molecule has 0 radical (unpaired) electrons. The number of carboxylic acids is 1. The summed E-state index contributed by atoms with van der Waals surface area (Å²) < 4.78 is 0. The summed E-state index contributed by atoms with van der Waals surface area (Å²) in [5, 5.41) is 12.2. The number of carboxylic acid groups (broad SMARTS) is 1. The van der Waals surface area contributed by atoms with Crippen molar-refractivity contribution in [1.29, 1.82) is 0 Å². The molecule has 1 heterocycles. The van der Waals surface area contributed by atoms with Crippen LogP contribution in [0, 0.1) is 0 Å². The summed E-state index contributed by atoms with van der Waals surface area (Å²) in [7, 11) is 0. The van der Waals surface area contributed by atoms with Crippen LogP contribution in [-0.4, -0.2) is 48.1 Å². The molecule has 0 spiro atoms. The molecule has 0 aromatic heterocycles. The lowest BCUT2D eigenvalue weighted by Gasteiger charge is -2.26. The monoisotopic (exact) mass is 316 g/mol. The summed E-state index contributed by atoms with van der Waals surface area (Å²) in [5.74, 6) is -0.593. The number of likely N-dealkylation sites (tertiary alicyclic amines) is 1. The molecule has 1 aromatic rings. The molecule has 124 valence electrons. The second-order valence-corrected chi connectivity index (χ2v) is 6.60. The predicted octanol–water partition coefficient (Wildman–Crippen LogP) is 2.02. The number of nitrogens with one attached hydrogen (secondary N) is 1. The molecule has 3 rings (SSSR count). The van der Waals surface area contributed by atoms with Crippen LogP contribution in [0.15, 0.2) is 18.2 Å². The van der Waals surface area contributed by atoms with E-state index >= 15 is 0 Å². The molecular formula is C18H24N2O3. The molecule has 1 aliphatic carbocycles. The van der Waals surface area contributed by atoms with Crippen molar-refractivity contribution in [3.8, 4) is 0 Å². The summed E-state index contributed by atoms with van der Waals surface area (Å²) in [6.45, 7) is 3.11. The number of aromatic carboxylic acids is 1. The van der Waals surface area contributed by atoms with Crippen molar-refractivity contribution in [2.24, 2.45) is 0 Å². The number of amides is 1. The number of carbonyl (C=O) groups is 2. The number of fused-ring (bicyclic) bond motifs is 1. The fraction of sp³-hybridized carbons (Fsp3) is 0.556. The highest BCUT2D eigenvalue weighted by atomic mass is 16.4. The molecule has 2 N–H and O–H groups in total. The van der Waals surface area contributed by atoms with Gasteiger partial charge in [-0.1, -0.05) is 6.07 Å². The maximum Gasteiger partial charge on any atom is 0.335 e. The first-order valence-corrected chi connectivity index (χ1v) is 8.48. The van der Waals surface area contributed by atoms with Crippen LogP contribution in [0.2, 0.25) is 0 Å². The van der Waals surface area contributed by atoms with Crippen molar-refractivity contribution in [3.63, 3.8) is 0 Å². The minimum atomic E-state index is -0.893. The van der Waals surface area contributed by atoms with E-state index in [4.69, 9.17) is 0 Å². The fourth-order valence-corrected chi connectivity index (χ4v) is 3.68. The minimum Gasteiger partial charge on any atom is -0.478 e. The van der Waals surface area contributed by atoms with Gasteiger partial charge in [-0.3, -0.25) is 9.69 Å². The Bertz CT molecular complexity index is 594. The van der Waals surface area contributed by atoms with E-state index in [1.807, 2.05) is 6.07 Å². The molecule has 1 atom stereocenters. The van der Waals surface area contributed by atoms with Gasteiger partial charge in [0, 0.05) is 12.5 Å². The third-order valence-corrected chi connectivity index (χ3v) is 4.94. The van der Waals surface area contributed by atoms with Gasteiger partial charge in [-0.15, -0.1) is 0 Å². The van der Waals surface area contributed by atoms with Gasteiger partial charge in [0.15, 0.2) is 0 Å². The van der Waals surface area contributed by atoms with Crippen molar-refractivity contribution in [2.75, 3.05) is 26.2 Å². The standard InChI is InChI=1S/C18H24N2O3/c21-17(12-20-8-1-2-9-20)19-11-15-5-3-4-13-6-7-14(18(22)23)10-16(13)15/h6-7,10,15H,1-5,8-9,11-12H2,(H,19,21)(H,22,23). The van der Waals surface area contributed by atoms with Crippen LogP contribution in [0.5, 0.6) is 0 Å². The molecule has 0 bridgehead atoms. The molecule has 23 heavy (non-hydrogen) atoms. The number of rotatable bonds is 5. The highest BCUT2D eigenvalue weighted by molar-refractivity contribution is 5.88. The van der Waals surface area contributed by atoms with Crippen molar-refractivity contribution in [3.05, 3.63) is 34.9 Å². The van der Waals surface area contributed by atoms with Gasteiger partial charge in [0.25, 0.3) is 0 Å². The first-order chi connectivity index (χ1) is 11.1. The lowest BCUT2D eigenvalue weighted by Crippen LogP contribution is -2.38. The van der Waals surface area contributed by atoms with Gasteiger partial charge < -0.3 is 10.4 Å². The summed E-state index contributed by atoms with van der Waals surface area (Å²) >= 11 is 0. The van der Waals surface area contributed by atoms with Gasteiger partial charge in [0.1, 0.15) is 0 Å². The van der Waals surface area contributed by atoms with E-state index in [1.165, 1.54) is 18.4 Å². The maximum absolute atomic E-state index is 12.1. The number of hydrogen-bond donors (Lipinski definition) is 2. The van der Waals surface area contributed by atoms with Crippen LogP contribution in [0.4, 0.5) is 0 Å². The molecule has 5 nitrogen and oxygen atoms in total. The average molecular weight is 316 g/mol. The van der Waals surface area contributed by atoms with Crippen molar-refractivity contribution in [1.82, 2.24) is 10.2 Å². The quantitative estimate of drug-likeness (QED) is 0.872. The predicted molar refractivity (Wildman–Crippen MR) is 87.8 cm³/mol. The smallest absolute Gasteiger partial charge is 0.335 e. The van der Waals surface area contributed by atoms with Crippen LogP contribution < -0.4 is 5.32 Å². The Labute approximate surface area is 136 Å². The zero-order valence-corrected chi connectivity index (χ0v) is 13.4. The highest BCUT2D eigenvalue weighted by Crippen LogP contribution is 2.31. The fourth-order valence-electron chi connectivity index (χ4n) is 3.68. The number of aryl methyl sites for hydroxylation is 1. The summed E-state index contributed by atoms with van der Waals surface area (Å²) in [6.07, 6.45) is 5.45. The molecule has 1 aliphatic heterocycles. The first kappa shape index (κ1) is 16.0. The van der Waals surface area contributed by atoms with Crippen LogP contribution in [0.1, 0.15) is 53.1 Å². The van der Waals surface area contributed by atoms with E-state index < -0.39 is 5.97 Å². The normalized spacial score (nSPS) is 21.0. The maximum atomic E-state index is 12.1. The van der Waals surface area contributed by atoms with Crippen LogP contribution in [-0.2, 0) is 11.2 Å². The summed E-state index contributed by atoms with van der Waals surface area (Å²) in [6, 6.07) is 5.39. The van der Waals surface area contributed by atoms with E-state index in [0.717, 1.165) is 37.9 Å². The molecule has 1 saturated heterocycles. The Morgan fingerprint density at radius 2 is 2.00 bits per heavy atom. The van der Waals surface area contributed by atoms with E-state index in [2.05, 4.69) is 10.2 Å². The van der Waals surface area contributed by atoms with E-state index in [9.17, 15) is 14.7 Å². The number of benzene rings is 1. The third-order valence-electron chi connectivity index (χ3n) is 4.94. The largest absolute Gasteiger partial charge is 0.478 e. The van der Waals surface area contributed by atoms with Crippen molar-refractivity contribution in [2.45, 2.75) is 38.0 Å². The Morgan fingerprint density at radius 3 is 2.74 bits per heavy atom. The van der Waals surface area contributed by atoms with Gasteiger partial charge in [0.05, 0.1) is 12.1 Å². The van der Waals surface area contributed by atoms with E-state index in [-0.39, 0.29) is 11.8 Å². The summed E-state index contributed by atoms with van der Waals surface area (Å²) in [5.41, 5.74) is 2.65. The molecule has 0 saturated carbocycles. The SMILES string of the molecule is O=C(CN1CCCC1)NCC1CCCc2ccc(C(=O)O)cc21. The highest BCUT2D eigenvalue weighted by Gasteiger charge is 2.23. The Balaban J connectivity index is 1.61. The summed E-state index contributed by atoms with van der Waals surface area (Å²) in [4.78, 5) is 25.4. The van der Waals surface area contributed by atoms with Gasteiger partial charge >= 0.3 is 5.97 Å². The molecule has 2 aliphatic rings. The van der Waals surface area contributed by atoms with Gasteiger partial charge in [-0.05, 0) is 68.5 Å². The zero-order valence-electron chi connectivity index (χ0n) is 13.4. The lowest BCUT2D eigenvalue weighted by molar-refractivity contribution is -0.122. The lowest BCUT2D eigenvalue weighted by atomic mass is 9.82. The Hall–Kier alpha value is -1.88. The topological polar surface area (TPSA) is 69.6 Å². The molecule has 1 aromatic carbocycles. The third kappa shape index (κ3) is 3.91. The number of hydrogen-bond acceptors (Lipinski definition) is 3. The van der Waals surface area contributed by atoms with Crippen molar-refractivity contribution >= 4 is 11.9 Å². The van der Waals surface area contributed by atoms with E-state index in [0.29, 0.717) is 18.7 Å². The molecule has 5 heteroatoms. The minimum absolute atomic E-state index is 0.0772. The van der Waals surface area contributed by atoms with Gasteiger partial charge in [-0.2, -0.15) is 0 Å². The number of nitrogens with zero attached hydrogens (tertiary/aromatic N) is 1. The van der Waals surface area contributed by atoms with Crippen LogP contribution in [0.3, 0.4) is 0 Å². The van der Waals surface area contributed by atoms with Crippen molar-refractivity contribution < 1.29 is 14.7 Å². The molecule has 1 fully saturated rings. The van der Waals surface area contributed by atoms with Crippen LogP contribution >= 0.6 is 0 Å². The van der Waals surface area contributed by atoms with Gasteiger partial charge in [-0.25, -0.2) is 4.79 Å². The number of carbonyl (C=O) groups excluding carboxylic acids is 1. The molecule has 1 unspecified atom stereocenters.